The predicted molar refractivity (Wildman–Crippen MR) is 86.1 cm³/mol. The van der Waals surface area contributed by atoms with Crippen LogP contribution in [0.4, 0.5) is 17.2 Å². The number of nitrogens with one attached hydrogen (secondary N) is 2. The van der Waals surface area contributed by atoms with E-state index in [0.717, 1.165) is 37.4 Å². The molecule has 0 atom stereocenters. The first-order valence-corrected chi connectivity index (χ1v) is 7.42. The predicted octanol–water partition coefficient (Wildman–Crippen LogP) is 3.29. The molecular formula is C17H18N4O. The molecule has 1 aromatic heterocycles. The van der Waals surface area contributed by atoms with E-state index in [1.807, 2.05) is 42.5 Å². The van der Waals surface area contributed by atoms with Crippen LogP contribution in [0.5, 0.6) is 0 Å². The van der Waals surface area contributed by atoms with Crippen molar-refractivity contribution in [1.82, 2.24) is 4.98 Å². The zero-order valence-electron chi connectivity index (χ0n) is 12.2. The summed E-state index contributed by atoms with van der Waals surface area (Å²) in [7, 11) is 0. The number of nitriles is 1. The SMILES string of the molecule is N#Cc1cccc(Nc2ccc(NC3CCOCC3)cc2)n1. The standard InChI is InChI=1S/C17H18N4O/c18-12-16-2-1-3-17(21-16)20-14-6-4-13(5-7-14)19-15-8-10-22-11-9-15/h1-7,15,19H,8-11H2,(H,20,21). The number of pyridine rings is 1. The maximum absolute atomic E-state index is 8.86. The Balaban J connectivity index is 1.62. The second-order valence-electron chi connectivity index (χ2n) is 5.25. The van der Waals surface area contributed by atoms with Gasteiger partial charge in [0, 0.05) is 30.6 Å². The van der Waals surface area contributed by atoms with Gasteiger partial charge in [-0.05, 0) is 49.2 Å². The van der Waals surface area contributed by atoms with Crippen LogP contribution in [0, 0.1) is 11.3 Å². The third-order valence-electron chi connectivity index (χ3n) is 3.61. The molecular weight excluding hydrogens is 276 g/mol. The molecule has 2 N–H and O–H groups in total. The third kappa shape index (κ3) is 3.74. The molecule has 1 aliphatic rings. The fourth-order valence-corrected chi connectivity index (χ4v) is 2.44. The first kappa shape index (κ1) is 14.4. The summed E-state index contributed by atoms with van der Waals surface area (Å²) in [6.45, 7) is 1.66. The average molecular weight is 294 g/mol. The molecule has 0 saturated carbocycles. The van der Waals surface area contributed by atoms with Gasteiger partial charge in [0.15, 0.2) is 0 Å². The molecule has 2 aromatic rings. The van der Waals surface area contributed by atoms with Crippen molar-refractivity contribution in [2.75, 3.05) is 23.8 Å². The van der Waals surface area contributed by atoms with Crippen molar-refractivity contribution in [3.05, 3.63) is 48.2 Å². The molecule has 5 nitrogen and oxygen atoms in total. The van der Waals surface area contributed by atoms with Gasteiger partial charge in [0.05, 0.1) is 0 Å². The van der Waals surface area contributed by atoms with E-state index in [2.05, 4.69) is 15.6 Å². The van der Waals surface area contributed by atoms with Gasteiger partial charge in [0.2, 0.25) is 0 Å². The van der Waals surface area contributed by atoms with Crippen molar-refractivity contribution in [3.63, 3.8) is 0 Å². The Morgan fingerprint density at radius 3 is 2.50 bits per heavy atom. The Labute approximate surface area is 129 Å². The number of anilines is 3. The molecule has 1 fully saturated rings. The molecule has 1 aliphatic heterocycles. The third-order valence-corrected chi connectivity index (χ3v) is 3.61. The number of aromatic nitrogens is 1. The van der Waals surface area contributed by atoms with Crippen LogP contribution in [0.1, 0.15) is 18.5 Å². The zero-order chi connectivity index (χ0) is 15.2. The molecule has 1 saturated heterocycles. The summed E-state index contributed by atoms with van der Waals surface area (Å²) in [4.78, 5) is 4.20. The summed E-state index contributed by atoms with van der Waals surface area (Å²) >= 11 is 0. The number of ether oxygens (including phenoxy) is 1. The van der Waals surface area contributed by atoms with Crippen LogP contribution in [0.25, 0.3) is 0 Å². The molecule has 22 heavy (non-hydrogen) atoms. The highest BCUT2D eigenvalue weighted by atomic mass is 16.5. The van der Waals surface area contributed by atoms with Crippen LogP contribution in [0.3, 0.4) is 0 Å². The lowest BCUT2D eigenvalue weighted by atomic mass is 10.1. The molecule has 3 rings (SSSR count). The summed E-state index contributed by atoms with van der Waals surface area (Å²) in [6.07, 6.45) is 2.09. The summed E-state index contributed by atoms with van der Waals surface area (Å²) in [5, 5.41) is 15.6. The maximum Gasteiger partial charge on any atom is 0.142 e. The van der Waals surface area contributed by atoms with E-state index in [-0.39, 0.29) is 0 Å². The van der Waals surface area contributed by atoms with Gasteiger partial charge in [0.1, 0.15) is 17.6 Å². The van der Waals surface area contributed by atoms with E-state index in [4.69, 9.17) is 10.00 Å². The molecule has 0 unspecified atom stereocenters. The fraction of sp³-hybridized carbons (Fsp3) is 0.294. The first-order chi connectivity index (χ1) is 10.8. The highest BCUT2D eigenvalue weighted by molar-refractivity contribution is 5.60. The van der Waals surface area contributed by atoms with Crippen molar-refractivity contribution in [2.24, 2.45) is 0 Å². The highest BCUT2D eigenvalue weighted by Gasteiger charge is 2.12. The first-order valence-electron chi connectivity index (χ1n) is 7.42. The van der Waals surface area contributed by atoms with Gasteiger partial charge >= 0.3 is 0 Å². The monoisotopic (exact) mass is 294 g/mol. The number of hydrogen-bond donors (Lipinski definition) is 2. The molecule has 2 heterocycles. The Morgan fingerprint density at radius 1 is 1.05 bits per heavy atom. The van der Waals surface area contributed by atoms with Crippen LogP contribution in [-0.4, -0.2) is 24.2 Å². The van der Waals surface area contributed by atoms with E-state index in [9.17, 15) is 0 Å². The minimum absolute atomic E-state index is 0.405. The van der Waals surface area contributed by atoms with E-state index < -0.39 is 0 Å². The summed E-state index contributed by atoms with van der Waals surface area (Å²) in [5.74, 6) is 0.671. The second-order valence-corrected chi connectivity index (χ2v) is 5.25. The number of hydrogen-bond acceptors (Lipinski definition) is 5. The second kappa shape index (κ2) is 6.92. The van der Waals surface area contributed by atoms with E-state index in [1.165, 1.54) is 0 Å². The molecule has 1 aromatic carbocycles. The lowest BCUT2D eigenvalue weighted by molar-refractivity contribution is 0.0904. The summed E-state index contributed by atoms with van der Waals surface area (Å²) in [6, 6.07) is 16.0. The Hall–Kier alpha value is -2.58. The molecule has 0 aliphatic carbocycles. The maximum atomic E-state index is 8.86. The lowest BCUT2D eigenvalue weighted by Gasteiger charge is -2.24. The van der Waals surface area contributed by atoms with Gasteiger partial charge in [-0.15, -0.1) is 0 Å². The Morgan fingerprint density at radius 2 is 1.77 bits per heavy atom. The van der Waals surface area contributed by atoms with Gasteiger partial charge in [-0.3, -0.25) is 0 Å². The number of nitrogens with zero attached hydrogens (tertiary/aromatic N) is 2. The largest absolute Gasteiger partial charge is 0.382 e. The van der Waals surface area contributed by atoms with Crippen LogP contribution >= 0.6 is 0 Å². The van der Waals surface area contributed by atoms with E-state index in [0.29, 0.717) is 17.6 Å². The van der Waals surface area contributed by atoms with Crippen LogP contribution < -0.4 is 10.6 Å². The molecule has 0 bridgehead atoms. The van der Waals surface area contributed by atoms with Gasteiger partial charge in [-0.25, -0.2) is 4.98 Å². The Bertz CT molecular complexity index is 657. The summed E-state index contributed by atoms with van der Waals surface area (Å²) < 4.78 is 5.36. The van der Waals surface area contributed by atoms with Gasteiger partial charge in [-0.2, -0.15) is 5.26 Å². The normalized spacial score (nSPS) is 15.0. The molecule has 112 valence electrons. The van der Waals surface area contributed by atoms with Crippen LogP contribution in [0.15, 0.2) is 42.5 Å². The van der Waals surface area contributed by atoms with Gasteiger partial charge in [-0.1, -0.05) is 6.07 Å². The van der Waals surface area contributed by atoms with Crippen molar-refractivity contribution in [3.8, 4) is 6.07 Å². The average Bonchev–Trinajstić information content (AvgIpc) is 2.58. The van der Waals surface area contributed by atoms with Crippen LogP contribution in [-0.2, 0) is 4.74 Å². The van der Waals surface area contributed by atoms with Crippen molar-refractivity contribution < 1.29 is 4.74 Å². The Kier molecular flexibility index (Phi) is 4.52. The number of benzene rings is 1. The summed E-state index contributed by atoms with van der Waals surface area (Å²) in [5.41, 5.74) is 2.46. The van der Waals surface area contributed by atoms with Crippen molar-refractivity contribution in [1.29, 1.82) is 5.26 Å². The minimum Gasteiger partial charge on any atom is -0.382 e. The quantitative estimate of drug-likeness (QED) is 0.905. The molecule has 0 spiro atoms. The van der Waals surface area contributed by atoms with Gasteiger partial charge < -0.3 is 15.4 Å². The fourth-order valence-electron chi connectivity index (χ4n) is 2.44. The van der Waals surface area contributed by atoms with Gasteiger partial charge in [0.25, 0.3) is 0 Å². The number of rotatable bonds is 4. The topological polar surface area (TPSA) is 70.0 Å². The van der Waals surface area contributed by atoms with Crippen molar-refractivity contribution in [2.45, 2.75) is 18.9 Å². The van der Waals surface area contributed by atoms with E-state index >= 15 is 0 Å². The molecule has 0 radical (unpaired) electrons. The molecule has 0 amide bonds. The smallest absolute Gasteiger partial charge is 0.142 e. The highest BCUT2D eigenvalue weighted by Crippen LogP contribution is 2.20. The zero-order valence-corrected chi connectivity index (χ0v) is 12.2. The van der Waals surface area contributed by atoms with E-state index in [1.54, 1.807) is 6.07 Å². The minimum atomic E-state index is 0.405. The van der Waals surface area contributed by atoms with Crippen LogP contribution in [0.2, 0.25) is 0 Å². The lowest BCUT2D eigenvalue weighted by Crippen LogP contribution is -2.27. The molecule has 5 heteroatoms. The van der Waals surface area contributed by atoms with Crippen molar-refractivity contribution >= 4 is 17.2 Å².